The van der Waals surface area contributed by atoms with E-state index in [1.54, 1.807) is 24.3 Å². The highest BCUT2D eigenvalue weighted by molar-refractivity contribution is 6.07. The lowest BCUT2D eigenvalue weighted by Gasteiger charge is -2.34. The van der Waals surface area contributed by atoms with Gasteiger partial charge in [0, 0.05) is 36.3 Å². The third-order valence-electron chi connectivity index (χ3n) is 6.65. The zero-order chi connectivity index (χ0) is 29.8. The molecule has 3 heterocycles. The minimum Gasteiger partial charge on any atom is -0.388 e. The van der Waals surface area contributed by atoms with Crippen LogP contribution in [0, 0.1) is 11.5 Å². The van der Waals surface area contributed by atoms with Gasteiger partial charge in [0.1, 0.15) is 12.1 Å². The van der Waals surface area contributed by atoms with E-state index in [0.29, 0.717) is 30.6 Å². The van der Waals surface area contributed by atoms with Gasteiger partial charge >= 0.3 is 6.36 Å². The van der Waals surface area contributed by atoms with Crippen molar-refractivity contribution in [3.63, 3.8) is 0 Å². The van der Waals surface area contributed by atoms with Gasteiger partial charge in [-0.2, -0.15) is 5.26 Å². The zero-order valence-electron chi connectivity index (χ0n) is 22.7. The first-order chi connectivity index (χ1) is 19.4. The Balaban J connectivity index is 1.75. The number of alkyl halides is 3. The zero-order valence-corrected chi connectivity index (χ0v) is 22.7. The molecule has 1 aliphatic heterocycles. The molecule has 0 saturated carbocycles. The molecule has 0 aliphatic carbocycles. The van der Waals surface area contributed by atoms with Gasteiger partial charge in [-0.3, -0.25) is 24.4 Å². The Labute approximate surface area is 235 Å². The van der Waals surface area contributed by atoms with Crippen molar-refractivity contribution >= 4 is 23.2 Å². The first-order valence-corrected chi connectivity index (χ1v) is 12.9. The molecule has 2 atom stereocenters. The van der Waals surface area contributed by atoms with Gasteiger partial charge in [-0.1, -0.05) is 39.0 Å². The van der Waals surface area contributed by atoms with E-state index in [4.69, 9.17) is 0 Å². The number of rotatable bonds is 7. The fourth-order valence-corrected chi connectivity index (χ4v) is 4.63. The van der Waals surface area contributed by atoms with E-state index in [1.807, 2.05) is 12.1 Å². The lowest BCUT2D eigenvalue weighted by Crippen LogP contribution is -2.49. The summed E-state index contributed by atoms with van der Waals surface area (Å²) in [5, 5.41) is 12.3. The Kier molecular flexibility index (Phi) is 8.47. The van der Waals surface area contributed by atoms with Crippen LogP contribution in [0.4, 0.5) is 24.5 Å². The van der Waals surface area contributed by atoms with Crippen molar-refractivity contribution in [2.45, 2.75) is 57.5 Å². The SMILES string of the molecule is CC(C)(C)c1ccc(N(C(=O)[C@H]2CCCN2C#N)C(C(=O)Nc2ccc(OC(F)(F)F)nc2)c2cccnc2)cc1. The standard InChI is InChI=1S/C29H29F3N6O3/c1-28(2,3)20-8-11-22(12-9-20)38(27(40)23-7-5-15-37(23)18-33)25(19-6-4-14-34-16-19)26(39)36-21-10-13-24(35-17-21)41-29(30,31)32/h4,6,8-14,16-17,23,25H,5,7,15H2,1-3H3,(H,36,39)/t23-,25?/m1/s1. The molecule has 2 amide bonds. The average Bonchev–Trinajstić information content (AvgIpc) is 3.41. The van der Waals surface area contributed by atoms with Crippen LogP contribution >= 0.6 is 0 Å². The Bertz CT molecular complexity index is 1400. The van der Waals surface area contributed by atoms with Crippen LogP contribution in [0.25, 0.3) is 0 Å². The number of nitrogens with zero attached hydrogens (tertiary/aromatic N) is 5. The molecule has 1 saturated heterocycles. The smallest absolute Gasteiger partial charge is 0.388 e. The van der Waals surface area contributed by atoms with Gasteiger partial charge in [0.25, 0.3) is 11.8 Å². The summed E-state index contributed by atoms with van der Waals surface area (Å²) in [6.45, 7) is 6.59. The second kappa shape index (κ2) is 11.8. The molecule has 1 N–H and O–H groups in total. The van der Waals surface area contributed by atoms with E-state index in [9.17, 15) is 28.0 Å². The molecule has 0 spiro atoms. The van der Waals surface area contributed by atoms with Gasteiger partial charge in [-0.05, 0) is 48.1 Å². The number of benzene rings is 1. The van der Waals surface area contributed by atoms with Crippen LogP contribution in [-0.2, 0) is 15.0 Å². The quantitative estimate of drug-likeness (QED) is 0.385. The van der Waals surface area contributed by atoms with E-state index in [-0.39, 0.29) is 11.1 Å². The van der Waals surface area contributed by atoms with Crippen LogP contribution in [-0.4, -0.2) is 45.6 Å². The van der Waals surface area contributed by atoms with Crippen molar-refractivity contribution in [1.82, 2.24) is 14.9 Å². The maximum Gasteiger partial charge on any atom is 0.574 e. The molecular formula is C29H29F3N6O3. The van der Waals surface area contributed by atoms with Crippen LogP contribution < -0.4 is 15.0 Å². The van der Waals surface area contributed by atoms with Crippen LogP contribution in [0.15, 0.2) is 67.1 Å². The summed E-state index contributed by atoms with van der Waals surface area (Å²) in [6.07, 6.45) is 2.26. The van der Waals surface area contributed by atoms with E-state index < -0.39 is 36.1 Å². The van der Waals surface area contributed by atoms with Crippen LogP contribution in [0.1, 0.15) is 50.8 Å². The molecule has 3 aromatic rings. The third-order valence-corrected chi connectivity index (χ3v) is 6.65. The fraction of sp³-hybridized carbons (Fsp3) is 0.345. The lowest BCUT2D eigenvalue weighted by atomic mass is 9.87. The molecule has 0 radical (unpaired) electrons. The number of aromatic nitrogens is 2. The fourth-order valence-electron chi connectivity index (χ4n) is 4.63. The third kappa shape index (κ3) is 7.11. The maximum absolute atomic E-state index is 14.1. The van der Waals surface area contributed by atoms with E-state index in [2.05, 4.69) is 47.0 Å². The van der Waals surface area contributed by atoms with Gasteiger partial charge < -0.3 is 10.1 Å². The number of nitrogens with one attached hydrogen (secondary N) is 1. The number of carbonyl (C=O) groups excluding carboxylic acids is 2. The molecule has 1 aromatic carbocycles. The number of nitriles is 1. The summed E-state index contributed by atoms with van der Waals surface area (Å²) in [7, 11) is 0. The molecule has 1 fully saturated rings. The molecule has 1 aliphatic rings. The predicted molar refractivity (Wildman–Crippen MR) is 144 cm³/mol. The van der Waals surface area contributed by atoms with Gasteiger partial charge in [0.05, 0.1) is 11.9 Å². The highest BCUT2D eigenvalue weighted by Gasteiger charge is 2.40. The molecule has 2 aromatic heterocycles. The second-order valence-corrected chi connectivity index (χ2v) is 10.6. The van der Waals surface area contributed by atoms with E-state index >= 15 is 0 Å². The van der Waals surface area contributed by atoms with E-state index in [1.165, 1.54) is 28.3 Å². The number of carbonyl (C=O) groups is 2. The summed E-state index contributed by atoms with van der Waals surface area (Å²) in [4.78, 5) is 38.5. The monoisotopic (exact) mass is 566 g/mol. The highest BCUT2D eigenvalue weighted by Crippen LogP contribution is 2.34. The summed E-state index contributed by atoms with van der Waals surface area (Å²) < 4.78 is 41.4. The summed E-state index contributed by atoms with van der Waals surface area (Å²) in [5.74, 6) is -1.78. The average molecular weight is 567 g/mol. The van der Waals surface area contributed by atoms with E-state index in [0.717, 1.165) is 17.8 Å². The van der Waals surface area contributed by atoms with Crippen molar-refractivity contribution in [1.29, 1.82) is 5.26 Å². The minimum atomic E-state index is -4.91. The molecule has 9 nitrogen and oxygen atoms in total. The molecule has 1 unspecified atom stereocenters. The van der Waals surface area contributed by atoms with Gasteiger partial charge in [0.2, 0.25) is 5.88 Å². The van der Waals surface area contributed by atoms with Gasteiger partial charge in [0.15, 0.2) is 6.19 Å². The lowest BCUT2D eigenvalue weighted by molar-refractivity contribution is -0.276. The van der Waals surface area contributed by atoms with Crippen molar-refractivity contribution in [3.05, 3.63) is 78.2 Å². The first kappa shape index (κ1) is 29.3. The van der Waals surface area contributed by atoms with Crippen LogP contribution in [0.2, 0.25) is 0 Å². The van der Waals surface area contributed by atoms with Crippen LogP contribution in [0.3, 0.4) is 0 Å². The van der Waals surface area contributed by atoms with Crippen molar-refractivity contribution < 1.29 is 27.5 Å². The molecule has 214 valence electrons. The Morgan fingerprint density at radius 1 is 1.12 bits per heavy atom. The summed E-state index contributed by atoms with van der Waals surface area (Å²) in [5.41, 5.74) is 1.77. The Hall–Kier alpha value is -4.66. The Morgan fingerprint density at radius 3 is 2.41 bits per heavy atom. The van der Waals surface area contributed by atoms with Crippen LogP contribution in [0.5, 0.6) is 5.88 Å². The normalized spacial score (nSPS) is 16.0. The summed E-state index contributed by atoms with van der Waals surface area (Å²) >= 11 is 0. The van der Waals surface area contributed by atoms with Crippen molar-refractivity contribution in [2.24, 2.45) is 0 Å². The number of hydrogen-bond donors (Lipinski definition) is 1. The highest BCUT2D eigenvalue weighted by atomic mass is 19.4. The minimum absolute atomic E-state index is 0.0911. The molecule has 0 bridgehead atoms. The first-order valence-electron chi connectivity index (χ1n) is 12.9. The van der Waals surface area contributed by atoms with Crippen molar-refractivity contribution in [2.75, 3.05) is 16.8 Å². The van der Waals surface area contributed by atoms with Gasteiger partial charge in [-0.25, -0.2) is 4.98 Å². The Morgan fingerprint density at radius 2 is 1.85 bits per heavy atom. The van der Waals surface area contributed by atoms with Crippen molar-refractivity contribution in [3.8, 4) is 12.1 Å². The number of anilines is 2. The number of amides is 2. The second-order valence-electron chi connectivity index (χ2n) is 10.6. The predicted octanol–water partition coefficient (Wildman–Crippen LogP) is 5.33. The summed E-state index contributed by atoms with van der Waals surface area (Å²) in [6, 6.07) is 10.7. The van der Waals surface area contributed by atoms with Gasteiger partial charge in [-0.15, -0.1) is 13.2 Å². The molecule has 12 heteroatoms. The molecular weight excluding hydrogens is 537 g/mol. The number of ether oxygens (including phenoxy) is 1. The number of pyridine rings is 2. The number of likely N-dealkylation sites (tertiary alicyclic amines) is 1. The maximum atomic E-state index is 14.1. The molecule has 41 heavy (non-hydrogen) atoms. The largest absolute Gasteiger partial charge is 0.574 e. The number of hydrogen-bond acceptors (Lipinski definition) is 7. The number of halogens is 3. The molecule has 4 rings (SSSR count). The topological polar surface area (TPSA) is 111 Å².